The van der Waals surface area contributed by atoms with Gasteiger partial charge in [0.25, 0.3) is 0 Å². The van der Waals surface area contributed by atoms with Gasteiger partial charge in [-0.25, -0.2) is 19.2 Å². The smallest absolute Gasteiger partial charge is 0.407 e. The van der Waals surface area contributed by atoms with Crippen LogP contribution in [0.25, 0.3) is 11.4 Å². The molecular weight excluding hydrogens is 402 g/mol. The molecular formula is C21H23F4N3O2. The number of benzene rings is 1. The van der Waals surface area contributed by atoms with E-state index in [1.807, 2.05) is 0 Å². The Morgan fingerprint density at radius 2 is 2.00 bits per heavy atom. The third-order valence-corrected chi connectivity index (χ3v) is 4.72. The van der Waals surface area contributed by atoms with Crippen molar-refractivity contribution in [2.24, 2.45) is 5.92 Å². The van der Waals surface area contributed by atoms with E-state index in [0.717, 1.165) is 0 Å². The first kappa shape index (κ1) is 22.0. The summed E-state index contributed by atoms with van der Waals surface area (Å²) in [6, 6.07) is 4.37. The number of rotatable bonds is 3. The van der Waals surface area contributed by atoms with Crippen LogP contribution in [0.5, 0.6) is 0 Å². The van der Waals surface area contributed by atoms with Gasteiger partial charge in [-0.2, -0.15) is 13.2 Å². The molecule has 0 spiro atoms. The van der Waals surface area contributed by atoms with Crippen LogP contribution in [0, 0.1) is 11.7 Å². The van der Waals surface area contributed by atoms with Crippen LogP contribution >= 0.6 is 0 Å². The molecule has 2 aromatic rings. The topological polar surface area (TPSA) is 64.1 Å². The molecule has 0 saturated heterocycles. The molecule has 1 N–H and O–H groups in total. The van der Waals surface area contributed by atoms with Gasteiger partial charge in [-0.3, -0.25) is 0 Å². The number of alkyl halides is 3. The minimum atomic E-state index is -4.24. The van der Waals surface area contributed by atoms with Gasteiger partial charge in [-0.05, 0) is 63.3 Å². The number of fused-ring (bicyclic) bond motifs is 1. The molecule has 1 aromatic heterocycles. The molecule has 1 aliphatic rings. The van der Waals surface area contributed by atoms with Crippen LogP contribution in [-0.2, 0) is 24.1 Å². The van der Waals surface area contributed by atoms with Gasteiger partial charge in [0.1, 0.15) is 11.4 Å². The van der Waals surface area contributed by atoms with E-state index in [0.29, 0.717) is 16.8 Å². The molecule has 1 unspecified atom stereocenters. The van der Waals surface area contributed by atoms with E-state index in [1.165, 1.54) is 18.3 Å². The van der Waals surface area contributed by atoms with Crippen molar-refractivity contribution in [1.82, 2.24) is 15.3 Å². The van der Waals surface area contributed by atoms with E-state index in [9.17, 15) is 22.4 Å². The van der Waals surface area contributed by atoms with Gasteiger partial charge in [-0.1, -0.05) is 6.07 Å². The summed E-state index contributed by atoms with van der Waals surface area (Å²) in [5.41, 5.74) is 1.01. The zero-order valence-corrected chi connectivity index (χ0v) is 16.9. The van der Waals surface area contributed by atoms with E-state index < -0.39 is 29.6 Å². The highest BCUT2D eigenvalue weighted by atomic mass is 19.4. The summed E-state index contributed by atoms with van der Waals surface area (Å²) in [6.45, 7) is 5.30. The lowest BCUT2D eigenvalue weighted by Gasteiger charge is -2.25. The number of aryl methyl sites for hydroxylation is 1. The number of ether oxygens (including phenoxy) is 1. The van der Waals surface area contributed by atoms with E-state index in [1.54, 1.807) is 26.8 Å². The minimum absolute atomic E-state index is 0.0370. The van der Waals surface area contributed by atoms with E-state index in [-0.39, 0.29) is 37.2 Å². The number of hydrogen-bond donors (Lipinski definition) is 1. The standard InChI is InChI=1S/C21H23F4N3O2/c1-20(2,3)30-19(29)27-10-12-4-6-15(16(22)8-12)18-26-11-13-9-14(21(23,24)25)5-7-17(13)28-18/h4,6,8,11,14H,5,7,9-10H2,1-3H3,(H,27,29). The van der Waals surface area contributed by atoms with Gasteiger partial charge in [-0.15, -0.1) is 0 Å². The summed E-state index contributed by atoms with van der Waals surface area (Å²) >= 11 is 0. The number of alkyl carbamates (subject to hydrolysis) is 1. The average molecular weight is 425 g/mol. The molecule has 9 heteroatoms. The van der Waals surface area contributed by atoms with Crippen LogP contribution in [0.2, 0.25) is 0 Å². The molecule has 0 saturated carbocycles. The lowest BCUT2D eigenvalue weighted by Crippen LogP contribution is -2.32. The van der Waals surface area contributed by atoms with Crippen molar-refractivity contribution < 1.29 is 27.1 Å². The molecule has 1 aromatic carbocycles. The normalized spacial score (nSPS) is 16.7. The van der Waals surface area contributed by atoms with Gasteiger partial charge in [0.2, 0.25) is 0 Å². The SMILES string of the molecule is CC(C)(C)OC(=O)NCc1ccc(-c2ncc3c(n2)CCC(C(F)(F)F)C3)c(F)c1. The first-order valence-electron chi connectivity index (χ1n) is 9.59. The van der Waals surface area contributed by atoms with Crippen molar-refractivity contribution in [3.05, 3.63) is 47.0 Å². The quantitative estimate of drug-likeness (QED) is 0.705. The van der Waals surface area contributed by atoms with Gasteiger partial charge in [0, 0.05) is 18.4 Å². The van der Waals surface area contributed by atoms with Crippen LogP contribution < -0.4 is 5.32 Å². The second-order valence-electron chi connectivity index (χ2n) is 8.32. The molecule has 3 rings (SSSR count). The molecule has 162 valence electrons. The van der Waals surface area contributed by atoms with Gasteiger partial charge in [0.15, 0.2) is 5.82 Å². The lowest BCUT2D eigenvalue weighted by atomic mass is 9.87. The Bertz CT molecular complexity index is 939. The molecule has 1 heterocycles. The number of halogens is 4. The van der Waals surface area contributed by atoms with Crippen molar-refractivity contribution in [3.63, 3.8) is 0 Å². The van der Waals surface area contributed by atoms with Crippen molar-refractivity contribution in [2.75, 3.05) is 0 Å². The summed E-state index contributed by atoms with van der Waals surface area (Å²) in [7, 11) is 0. The average Bonchev–Trinajstić information content (AvgIpc) is 2.63. The molecule has 0 aliphatic heterocycles. The van der Waals surface area contributed by atoms with Crippen molar-refractivity contribution in [2.45, 2.75) is 58.4 Å². The molecule has 5 nitrogen and oxygen atoms in total. The largest absolute Gasteiger partial charge is 0.444 e. The Hall–Kier alpha value is -2.71. The first-order valence-corrected chi connectivity index (χ1v) is 9.59. The number of amides is 1. The number of carbonyl (C=O) groups excluding carboxylic acids is 1. The van der Waals surface area contributed by atoms with Crippen LogP contribution in [0.3, 0.4) is 0 Å². The van der Waals surface area contributed by atoms with Gasteiger partial charge < -0.3 is 10.1 Å². The van der Waals surface area contributed by atoms with Crippen molar-refractivity contribution >= 4 is 6.09 Å². The van der Waals surface area contributed by atoms with Gasteiger partial charge >= 0.3 is 12.3 Å². The fourth-order valence-corrected chi connectivity index (χ4v) is 3.26. The van der Waals surface area contributed by atoms with E-state index in [4.69, 9.17) is 4.74 Å². The van der Waals surface area contributed by atoms with E-state index in [2.05, 4.69) is 15.3 Å². The maximum absolute atomic E-state index is 14.6. The van der Waals surface area contributed by atoms with Crippen LogP contribution in [0.4, 0.5) is 22.4 Å². The second kappa shape index (κ2) is 8.20. The Kier molecular flexibility index (Phi) is 6.01. The second-order valence-corrected chi connectivity index (χ2v) is 8.32. The van der Waals surface area contributed by atoms with Gasteiger partial charge in [0.05, 0.1) is 11.5 Å². The van der Waals surface area contributed by atoms with Crippen LogP contribution in [-0.4, -0.2) is 27.8 Å². The summed E-state index contributed by atoms with van der Waals surface area (Å²) in [4.78, 5) is 20.1. The van der Waals surface area contributed by atoms with Crippen molar-refractivity contribution in [3.8, 4) is 11.4 Å². The highest BCUT2D eigenvalue weighted by Gasteiger charge is 2.41. The number of nitrogens with one attached hydrogen (secondary N) is 1. The Balaban J connectivity index is 1.71. The fraction of sp³-hybridized carbons (Fsp3) is 0.476. The number of nitrogens with zero attached hydrogens (tertiary/aromatic N) is 2. The summed E-state index contributed by atoms with van der Waals surface area (Å²) in [5, 5.41) is 2.55. The molecule has 0 bridgehead atoms. The van der Waals surface area contributed by atoms with Crippen LogP contribution in [0.1, 0.15) is 44.0 Å². The monoisotopic (exact) mass is 425 g/mol. The lowest BCUT2D eigenvalue weighted by molar-refractivity contribution is -0.177. The zero-order chi connectivity index (χ0) is 22.1. The first-order chi connectivity index (χ1) is 13.9. The minimum Gasteiger partial charge on any atom is -0.444 e. The molecule has 0 fully saturated rings. The number of aromatic nitrogens is 2. The third kappa shape index (κ3) is 5.46. The molecule has 1 atom stereocenters. The predicted molar refractivity (Wildman–Crippen MR) is 102 cm³/mol. The Labute approximate surface area is 171 Å². The Morgan fingerprint density at radius 1 is 1.27 bits per heavy atom. The maximum Gasteiger partial charge on any atom is 0.407 e. The van der Waals surface area contributed by atoms with Crippen LogP contribution in [0.15, 0.2) is 24.4 Å². The highest BCUT2D eigenvalue weighted by Crippen LogP contribution is 2.36. The summed E-state index contributed by atoms with van der Waals surface area (Å²) in [6.07, 6.45) is -3.52. The predicted octanol–water partition coefficient (Wildman–Crippen LogP) is 4.97. The Morgan fingerprint density at radius 3 is 2.63 bits per heavy atom. The zero-order valence-electron chi connectivity index (χ0n) is 16.9. The molecule has 0 radical (unpaired) electrons. The highest BCUT2D eigenvalue weighted by molar-refractivity contribution is 5.67. The molecule has 1 aliphatic carbocycles. The fourth-order valence-electron chi connectivity index (χ4n) is 3.26. The number of carbonyl (C=O) groups is 1. The van der Waals surface area contributed by atoms with E-state index >= 15 is 0 Å². The molecule has 1 amide bonds. The van der Waals surface area contributed by atoms with Crippen molar-refractivity contribution in [1.29, 1.82) is 0 Å². The summed E-state index contributed by atoms with van der Waals surface area (Å²) in [5.74, 6) is -1.85. The summed E-state index contributed by atoms with van der Waals surface area (Å²) < 4.78 is 58.6. The molecule has 30 heavy (non-hydrogen) atoms. The third-order valence-electron chi connectivity index (χ3n) is 4.72. The maximum atomic E-state index is 14.6. The number of hydrogen-bond acceptors (Lipinski definition) is 4.